The Labute approximate surface area is 91.6 Å². The van der Waals surface area contributed by atoms with E-state index >= 15 is 0 Å². The van der Waals surface area contributed by atoms with Crippen LogP contribution in [-0.4, -0.2) is 37.0 Å². The molecule has 0 aromatic rings. The first kappa shape index (κ1) is 13.9. The molecule has 0 aromatic carbocycles. The Bertz CT molecular complexity index is 216. The van der Waals surface area contributed by atoms with Crippen LogP contribution >= 0.6 is 0 Å². The van der Waals surface area contributed by atoms with Gasteiger partial charge in [-0.25, -0.2) is 0 Å². The van der Waals surface area contributed by atoms with Gasteiger partial charge < -0.3 is 9.64 Å². The summed E-state index contributed by atoms with van der Waals surface area (Å²) in [5.74, 6) is -0.364. The van der Waals surface area contributed by atoms with Gasteiger partial charge in [-0.3, -0.25) is 9.59 Å². The molecule has 0 aliphatic rings. The van der Waals surface area contributed by atoms with E-state index < -0.39 is 0 Å². The van der Waals surface area contributed by atoms with Gasteiger partial charge in [0.25, 0.3) is 0 Å². The monoisotopic (exact) mass is 215 g/mol. The van der Waals surface area contributed by atoms with E-state index in [1.807, 2.05) is 13.8 Å². The van der Waals surface area contributed by atoms with E-state index in [0.29, 0.717) is 6.61 Å². The van der Waals surface area contributed by atoms with Crippen LogP contribution in [0.5, 0.6) is 0 Å². The fourth-order valence-corrected chi connectivity index (χ4v) is 1.41. The molecule has 0 aliphatic carbocycles. The quantitative estimate of drug-likeness (QED) is 0.630. The minimum Gasteiger partial charge on any atom is -0.465 e. The highest BCUT2D eigenvalue weighted by molar-refractivity contribution is 5.83. The number of nitrogens with zero attached hydrogens (tertiary/aromatic N) is 1. The third-order valence-electron chi connectivity index (χ3n) is 2.19. The fourth-order valence-electron chi connectivity index (χ4n) is 1.41. The predicted octanol–water partition coefficient (Wildman–Crippen LogP) is 1.44. The Balaban J connectivity index is 4.03. The van der Waals surface area contributed by atoms with E-state index in [-0.39, 0.29) is 24.3 Å². The number of ether oxygens (including phenoxy) is 1. The molecule has 0 heterocycles. The van der Waals surface area contributed by atoms with Crippen molar-refractivity contribution in [1.29, 1.82) is 0 Å². The Hall–Kier alpha value is -1.06. The SMILES string of the molecule is CCCC(C)C(=O)N(C)CC(=O)OCC. The lowest BCUT2D eigenvalue weighted by Gasteiger charge is -2.20. The Kier molecular flexibility index (Phi) is 6.75. The number of carbonyl (C=O) groups excluding carboxylic acids is 2. The van der Waals surface area contributed by atoms with Crippen LogP contribution in [0.1, 0.15) is 33.6 Å². The molecule has 1 atom stereocenters. The summed E-state index contributed by atoms with van der Waals surface area (Å²) in [5, 5.41) is 0. The zero-order chi connectivity index (χ0) is 11.8. The van der Waals surface area contributed by atoms with E-state index in [1.54, 1.807) is 14.0 Å². The summed E-state index contributed by atoms with van der Waals surface area (Å²) in [6, 6.07) is 0. The molecule has 0 fully saturated rings. The molecule has 0 spiro atoms. The van der Waals surface area contributed by atoms with Gasteiger partial charge in [-0.15, -0.1) is 0 Å². The molecule has 15 heavy (non-hydrogen) atoms. The molecular weight excluding hydrogens is 194 g/mol. The third-order valence-corrected chi connectivity index (χ3v) is 2.19. The van der Waals surface area contributed by atoms with Crippen molar-refractivity contribution in [2.45, 2.75) is 33.6 Å². The maximum Gasteiger partial charge on any atom is 0.325 e. The van der Waals surface area contributed by atoms with Gasteiger partial charge in [-0.2, -0.15) is 0 Å². The summed E-state index contributed by atoms with van der Waals surface area (Å²) < 4.78 is 4.77. The van der Waals surface area contributed by atoms with E-state index in [0.717, 1.165) is 12.8 Å². The molecule has 0 saturated carbocycles. The van der Waals surface area contributed by atoms with Crippen LogP contribution in [0.25, 0.3) is 0 Å². The first-order valence-corrected chi connectivity index (χ1v) is 5.43. The Morgan fingerprint density at radius 3 is 2.40 bits per heavy atom. The molecular formula is C11H21NO3. The Morgan fingerprint density at radius 1 is 1.33 bits per heavy atom. The van der Waals surface area contributed by atoms with Crippen LogP contribution in [0.4, 0.5) is 0 Å². The number of esters is 1. The molecule has 88 valence electrons. The topological polar surface area (TPSA) is 46.6 Å². The molecule has 0 bridgehead atoms. The molecule has 0 rings (SSSR count). The average Bonchev–Trinajstić information content (AvgIpc) is 2.17. The van der Waals surface area contributed by atoms with Crippen molar-refractivity contribution >= 4 is 11.9 Å². The fraction of sp³-hybridized carbons (Fsp3) is 0.818. The highest BCUT2D eigenvalue weighted by atomic mass is 16.5. The van der Waals surface area contributed by atoms with Gasteiger partial charge in [0.2, 0.25) is 5.91 Å². The van der Waals surface area contributed by atoms with Crippen molar-refractivity contribution in [3.05, 3.63) is 0 Å². The summed E-state index contributed by atoms with van der Waals surface area (Å²) >= 11 is 0. The van der Waals surface area contributed by atoms with Crippen LogP contribution in [0.2, 0.25) is 0 Å². The van der Waals surface area contributed by atoms with Crippen molar-refractivity contribution in [1.82, 2.24) is 4.90 Å². The standard InChI is InChI=1S/C11H21NO3/c1-5-7-9(3)11(14)12(4)8-10(13)15-6-2/h9H,5-8H2,1-4H3. The molecule has 0 N–H and O–H groups in total. The molecule has 4 heteroatoms. The second-order valence-corrected chi connectivity index (χ2v) is 3.69. The maximum atomic E-state index is 11.7. The number of likely N-dealkylation sites (N-methyl/N-ethyl adjacent to an activating group) is 1. The Morgan fingerprint density at radius 2 is 1.93 bits per heavy atom. The minimum atomic E-state index is -0.350. The highest BCUT2D eigenvalue weighted by Crippen LogP contribution is 2.08. The first-order valence-electron chi connectivity index (χ1n) is 5.43. The zero-order valence-corrected chi connectivity index (χ0v) is 10.1. The smallest absolute Gasteiger partial charge is 0.325 e. The summed E-state index contributed by atoms with van der Waals surface area (Å²) in [6.07, 6.45) is 1.83. The van der Waals surface area contributed by atoms with Gasteiger partial charge in [0.15, 0.2) is 0 Å². The van der Waals surface area contributed by atoms with E-state index in [9.17, 15) is 9.59 Å². The van der Waals surface area contributed by atoms with E-state index in [2.05, 4.69) is 0 Å². The highest BCUT2D eigenvalue weighted by Gasteiger charge is 2.18. The number of amides is 1. The van der Waals surface area contributed by atoms with Gasteiger partial charge in [0.05, 0.1) is 6.61 Å². The minimum absolute atomic E-state index is 0.00454. The molecule has 4 nitrogen and oxygen atoms in total. The summed E-state index contributed by atoms with van der Waals surface area (Å²) in [4.78, 5) is 24.2. The van der Waals surface area contributed by atoms with Crippen LogP contribution in [0.15, 0.2) is 0 Å². The zero-order valence-electron chi connectivity index (χ0n) is 10.1. The van der Waals surface area contributed by atoms with E-state index in [4.69, 9.17) is 4.74 Å². The molecule has 1 unspecified atom stereocenters. The van der Waals surface area contributed by atoms with Crippen LogP contribution < -0.4 is 0 Å². The van der Waals surface area contributed by atoms with Crippen LogP contribution in [0, 0.1) is 5.92 Å². The van der Waals surface area contributed by atoms with Crippen molar-refractivity contribution in [3.8, 4) is 0 Å². The number of hydrogen-bond donors (Lipinski definition) is 0. The number of carbonyl (C=O) groups is 2. The van der Waals surface area contributed by atoms with E-state index in [1.165, 1.54) is 4.90 Å². The van der Waals surface area contributed by atoms with Crippen molar-refractivity contribution in [2.75, 3.05) is 20.2 Å². The lowest BCUT2D eigenvalue weighted by molar-refractivity contribution is -0.149. The molecule has 0 saturated heterocycles. The van der Waals surface area contributed by atoms with Gasteiger partial charge in [-0.05, 0) is 13.3 Å². The van der Waals surface area contributed by atoms with Crippen LogP contribution in [-0.2, 0) is 14.3 Å². The molecule has 1 amide bonds. The molecule has 0 aliphatic heterocycles. The lowest BCUT2D eigenvalue weighted by atomic mass is 10.1. The summed E-state index contributed by atoms with van der Waals surface area (Å²) in [6.45, 7) is 6.06. The summed E-state index contributed by atoms with van der Waals surface area (Å²) in [7, 11) is 1.63. The number of hydrogen-bond acceptors (Lipinski definition) is 3. The molecule has 0 radical (unpaired) electrons. The normalized spacial score (nSPS) is 12.0. The number of rotatable bonds is 6. The summed E-state index contributed by atoms with van der Waals surface area (Å²) in [5.41, 5.74) is 0. The van der Waals surface area contributed by atoms with Gasteiger partial charge in [0, 0.05) is 13.0 Å². The van der Waals surface area contributed by atoms with Gasteiger partial charge in [-0.1, -0.05) is 20.3 Å². The largest absolute Gasteiger partial charge is 0.465 e. The predicted molar refractivity (Wildman–Crippen MR) is 58.3 cm³/mol. The maximum absolute atomic E-state index is 11.7. The molecule has 0 aromatic heterocycles. The van der Waals surface area contributed by atoms with Crippen LogP contribution in [0.3, 0.4) is 0 Å². The van der Waals surface area contributed by atoms with Crippen molar-refractivity contribution < 1.29 is 14.3 Å². The van der Waals surface area contributed by atoms with Crippen molar-refractivity contribution in [2.24, 2.45) is 5.92 Å². The third kappa shape index (κ3) is 5.40. The second-order valence-electron chi connectivity index (χ2n) is 3.69. The van der Waals surface area contributed by atoms with Crippen molar-refractivity contribution in [3.63, 3.8) is 0 Å². The lowest BCUT2D eigenvalue weighted by Crippen LogP contribution is -2.36. The average molecular weight is 215 g/mol. The van der Waals surface area contributed by atoms with Gasteiger partial charge >= 0.3 is 5.97 Å². The van der Waals surface area contributed by atoms with Gasteiger partial charge in [0.1, 0.15) is 6.54 Å². The first-order chi connectivity index (χ1) is 7.02. The second kappa shape index (κ2) is 7.26.